The number of hydrogen-bond acceptors (Lipinski definition) is 5. The maximum atomic E-state index is 13.2. The Morgan fingerprint density at radius 3 is 2.79 bits per heavy atom. The summed E-state index contributed by atoms with van der Waals surface area (Å²) in [4.78, 5) is 27.0. The fourth-order valence-corrected chi connectivity index (χ4v) is 3.52. The second kappa shape index (κ2) is 7.16. The van der Waals surface area contributed by atoms with Gasteiger partial charge in [-0.15, -0.1) is 11.7 Å². The summed E-state index contributed by atoms with van der Waals surface area (Å²) in [6, 6.07) is 8.57. The SMILES string of the molecule is C=CCN1C(=O)COc2ccc(C(=O)C(C)n3nnc4cc(C)c(C)cc43)cc21. The molecule has 0 N–H and O–H groups in total. The standard InChI is InChI=1S/C22H22N4O3/c1-5-8-25-19-11-16(6-7-20(19)29-12-21(25)27)22(28)15(4)26-18-10-14(3)13(2)9-17(18)23-24-26/h5-7,9-11,15H,1,8,12H2,2-4H3. The fraction of sp³-hybridized carbons (Fsp3) is 0.273. The Morgan fingerprint density at radius 2 is 2.03 bits per heavy atom. The van der Waals surface area contributed by atoms with E-state index in [1.807, 2.05) is 26.0 Å². The summed E-state index contributed by atoms with van der Waals surface area (Å²) >= 11 is 0. The number of rotatable bonds is 5. The highest BCUT2D eigenvalue weighted by Gasteiger charge is 2.27. The van der Waals surface area contributed by atoms with Crippen molar-refractivity contribution in [2.45, 2.75) is 26.8 Å². The molecule has 0 saturated carbocycles. The third kappa shape index (κ3) is 3.18. The van der Waals surface area contributed by atoms with Crippen molar-refractivity contribution in [1.29, 1.82) is 0 Å². The van der Waals surface area contributed by atoms with Crippen LogP contribution in [0.25, 0.3) is 11.0 Å². The number of Topliss-reactive ketones (excluding diaryl/α,β-unsaturated/α-hetero) is 1. The Kier molecular flexibility index (Phi) is 4.66. The lowest BCUT2D eigenvalue weighted by Gasteiger charge is -2.29. The van der Waals surface area contributed by atoms with Crippen LogP contribution in [-0.2, 0) is 4.79 Å². The second-order valence-corrected chi connectivity index (χ2v) is 7.26. The maximum absolute atomic E-state index is 13.2. The molecule has 3 aromatic rings. The Labute approximate surface area is 168 Å². The number of hydrogen-bond donors (Lipinski definition) is 0. The van der Waals surface area contributed by atoms with Crippen LogP contribution in [0, 0.1) is 13.8 Å². The third-order valence-electron chi connectivity index (χ3n) is 5.33. The lowest BCUT2D eigenvalue weighted by molar-refractivity contribution is -0.121. The first kappa shape index (κ1) is 18.9. The monoisotopic (exact) mass is 390 g/mol. The molecule has 0 saturated heterocycles. The van der Waals surface area contributed by atoms with Gasteiger partial charge in [-0.2, -0.15) is 0 Å². The van der Waals surface area contributed by atoms with E-state index >= 15 is 0 Å². The Hall–Kier alpha value is -3.48. The molecule has 0 aliphatic carbocycles. The molecule has 7 nitrogen and oxygen atoms in total. The summed E-state index contributed by atoms with van der Waals surface area (Å²) in [7, 11) is 0. The highest BCUT2D eigenvalue weighted by atomic mass is 16.5. The molecule has 1 unspecified atom stereocenters. The van der Waals surface area contributed by atoms with Gasteiger partial charge >= 0.3 is 0 Å². The summed E-state index contributed by atoms with van der Waals surface area (Å²) in [5, 5.41) is 8.42. The van der Waals surface area contributed by atoms with E-state index in [0.29, 0.717) is 23.5 Å². The first-order valence-corrected chi connectivity index (χ1v) is 9.45. The van der Waals surface area contributed by atoms with E-state index in [4.69, 9.17) is 4.74 Å². The maximum Gasteiger partial charge on any atom is 0.265 e. The van der Waals surface area contributed by atoms with Gasteiger partial charge in [-0.1, -0.05) is 11.3 Å². The van der Waals surface area contributed by atoms with E-state index in [1.165, 1.54) is 0 Å². The topological polar surface area (TPSA) is 77.3 Å². The number of aryl methyl sites for hydroxylation is 2. The summed E-state index contributed by atoms with van der Waals surface area (Å²) in [5.74, 6) is 0.297. The Balaban J connectivity index is 1.71. The zero-order valence-electron chi connectivity index (χ0n) is 16.7. The van der Waals surface area contributed by atoms with Crippen molar-refractivity contribution in [1.82, 2.24) is 15.0 Å². The molecular weight excluding hydrogens is 368 g/mol. The molecule has 1 aromatic heterocycles. The molecule has 0 bridgehead atoms. The minimum atomic E-state index is -0.548. The number of carbonyl (C=O) groups is 2. The lowest BCUT2D eigenvalue weighted by Crippen LogP contribution is -2.39. The minimum absolute atomic E-state index is 0.0196. The van der Waals surface area contributed by atoms with Crippen LogP contribution in [-0.4, -0.2) is 39.8 Å². The predicted molar refractivity (Wildman–Crippen MR) is 111 cm³/mol. The molecule has 1 atom stereocenters. The molecule has 7 heteroatoms. The number of nitrogens with zero attached hydrogens (tertiary/aromatic N) is 4. The molecular formula is C22H22N4O3. The molecule has 1 aliphatic heterocycles. The average Bonchev–Trinajstić information content (AvgIpc) is 3.11. The van der Waals surface area contributed by atoms with Crippen LogP contribution in [0.1, 0.15) is 34.5 Å². The average molecular weight is 390 g/mol. The second-order valence-electron chi connectivity index (χ2n) is 7.26. The summed E-state index contributed by atoms with van der Waals surface area (Å²) < 4.78 is 7.14. The van der Waals surface area contributed by atoms with Gasteiger partial charge in [0, 0.05) is 12.1 Å². The van der Waals surface area contributed by atoms with E-state index < -0.39 is 6.04 Å². The largest absolute Gasteiger partial charge is 0.482 e. The van der Waals surface area contributed by atoms with E-state index in [2.05, 4.69) is 16.9 Å². The van der Waals surface area contributed by atoms with Crippen LogP contribution in [0.5, 0.6) is 5.75 Å². The fourth-order valence-electron chi connectivity index (χ4n) is 3.52. The number of carbonyl (C=O) groups excluding carboxylic acids is 2. The van der Waals surface area contributed by atoms with Crippen molar-refractivity contribution in [2.24, 2.45) is 0 Å². The molecule has 2 aromatic carbocycles. The molecule has 1 aliphatic rings. The molecule has 148 valence electrons. The van der Waals surface area contributed by atoms with Crippen molar-refractivity contribution in [3.8, 4) is 5.75 Å². The van der Waals surface area contributed by atoms with Gasteiger partial charge < -0.3 is 9.64 Å². The number of ether oxygens (including phenoxy) is 1. The van der Waals surface area contributed by atoms with Crippen molar-refractivity contribution in [2.75, 3.05) is 18.1 Å². The summed E-state index contributed by atoms with van der Waals surface area (Å²) in [6.07, 6.45) is 1.65. The van der Waals surface area contributed by atoms with Gasteiger partial charge in [0.1, 0.15) is 17.3 Å². The van der Waals surface area contributed by atoms with Crippen LogP contribution in [0.2, 0.25) is 0 Å². The molecule has 0 radical (unpaired) electrons. The molecule has 29 heavy (non-hydrogen) atoms. The van der Waals surface area contributed by atoms with Crippen molar-refractivity contribution in [3.05, 3.63) is 59.7 Å². The van der Waals surface area contributed by atoms with Gasteiger partial charge in [-0.25, -0.2) is 4.68 Å². The zero-order valence-corrected chi connectivity index (χ0v) is 16.7. The highest BCUT2D eigenvalue weighted by Crippen LogP contribution is 2.34. The van der Waals surface area contributed by atoms with E-state index in [1.54, 1.807) is 40.8 Å². The first-order valence-electron chi connectivity index (χ1n) is 9.45. The number of ketones is 1. The summed E-state index contributed by atoms with van der Waals surface area (Å²) in [5.41, 5.74) is 4.88. The van der Waals surface area contributed by atoms with Gasteiger partial charge in [0.25, 0.3) is 5.91 Å². The zero-order chi connectivity index (χ0) is 20.7. The number of anilines is 1. The van der Waals surface area contributed by atoms with Crippen molar-refractivity contribution in [3.63, 3.8) is 0 Å². The van der Waals surface area contributed by atoms with Crippen LogP contribution in [0.3, 0.4) is 0 Å². The molecule has 0 fully saturated rings. The van der Waals surface area contributed by atoms with Gasteiger partial charge in [0.05, 0.1) is 11.2 Å². The van der Waals surface area contributed by atoms with E-state index in [9.17, 15) is 9.59 Å². The van der Waals surface area contributed by atoms with Crippen LogP contribution in [0.15, 0.2) is 43.0 Å². The predicted octanol–water partition coefficient (Wildman–Crippen LogP) is 3.40. The van der Waals surface area contributed by atoms with Crippen molar-refractivity contribution < 1.29 is 14.3 Å². The quantitative estimate of drug-likeness (QED) is 0.493. The number of amides is 1. The van der Waals surface area contributed by atoms with E-state index in [-0.39, 0.29) is 18.3 Å². The number of benzene rings is 2. The van der Waals surface area contributed by atoms with Crippen LogP contribution < -0.4 is 9.64 Å². The number of fused-ring (bicyclic) bond motifs is 2. The van der Waals surface area contributed by atoms with Crippen LogP contribution >= 0.6 is 0 Å². The van der Waals surface area contributed by atoms with Gasteiger partial charge in [0.15, 0.2) is 12.4 Å². The number of aromatic nitrogens is 3. The normalized spacial score (nSPS) is 14.4. The lowest BCUT2D eigenvalue weighted by atomic mass is 10.0. The molecule has 2 heterocycles. The van der Waals surface area contributed by atoms with Crippen LogP contribution in [0.4, 0.5) is 5.69 Å². The van der Waals surface area contributed by atoms with Gasteiger partial charge in [0.2, 0.25) is 0 Å². The van der Waals surface area contributed by atoms with E-state index in [0.717, 1.165) is 22.2 Å². The smallest absolute Gasteiger partial charge is 0.265 e. The molecule has 4 rings (SSSR count). The van der Waals surface area contributed by atoms with Crippen molar-refractivity contribution >= 4 is 28.4 Å². The Bertz CT molecular complexity index is 1150. The molecule has 0 spiro atoms. The van der Waals surface area contributed by atoms with Gasteiger partial charge in [-0.05, 0) is 62.2 Å². The third-order valence-corrected chi connectivity index (χ3v) is 5.33. The Morgan fingerprint density at radius 1 is 1.28 bits per heavy atom. The highest BCUT2D eigenvalue weighted by molar-refractivity contribution is 6.03. The first-order chi connectivity index (χ1) is 13.9. The van der Waals surface area contributed by atoms with Gasteiger partial charge in [-0.3, -0.25) is 9.59 Å². The summed E-state index contributed by atoms with van der Waals surface area (Å²) in [6.45, 7) is 9.88. The minimum Gasteiger partial charge on any atom is -0.482 e. The molecule has 1 amide bonds.